The molecule has 17 heavy (non-hydrogen) atoms. The summed E-state index contributed by atoms with van der Waals surface area (Å²) in [5, 5.41) is 3.44. The van der Waals surface area contributed by atoms with Crippen molar-refractivity contribution in [2.24, 2.45) is 0 Å². The van der Waals surface area contributed by atoms with E-state index in [1.165, 1.54) is 0 Å². The van der Waals surface area contributed by atoms with E-state index in [0.717, 1.165) is 29.1 Å². The average Bonchev–Trinajstić information content (AvgIpc) is 2.86. The Labute approximate surface area is 107 Å². The second-order valence-electron chi connectivity index (χ2n) is 4.56. The second-order valence-corrected chi connectivity index (χ2v) is 5.37. The third-order valence-corrected chi connectivity index (χ3v) is 3.37. The number of rotatable bonds is 2. The highest BCUT2D eigenvalue weighted by Gasteiger charge is 2.30. The molecule has 0 saturated carbocycles. The molecule has 0 spiro atoms. The van der Waals surface area contributed by atoms with Crippen LogP contribution in [0.15, 0.2) is 23.2 Å². The lowest BCUT2D eigenvalue weighted by molar-refractivity contribution is 0.185. The molecule has 0 aromatic carbocycles. The van der Waals surface area contributed by atoms with E-state index in [2.05, 4.69) is 38.1 Å². The average molecular weight is 297 g/mol. The molecule has 0 amide bonds. The predicted octanol–water partition coefficient (Wildman–Crippen LogP) is 2.08. The van der Waals surface area contributed by atoms with Crippen LogP contribution in [-0.4, -0.2) is 33.1 Å². The van der Waals surface area contributed by atoms with Gasteiger partial charge in [0.1, 0.15) is 4.60 Å². The van der Waals surface area contributed by atoms with Crippen molar-refractivity contribution in [2.45, 2.75) is 18.9 Å². The molecule has 3 heterocycles. The highest BCUT2D eigenvalue weighted by atomic mass is 79.9. The lowest BCUT2D eigenvalue weighted by atomic mass is 10.0. The summed E-state index contributed by atoms with van der Waals surface area (Å²) in [6.45, 7) is 3.64. The minimum atomic E-state index is -0.0553. The zero-order valence-corrected chi connectivity index (χ0v) is 11.1. The van der Waals surface area contributed by atoms with E-state index in [1.54, 1.807) is 6.20 Å². The molecule has 1 fully saturated rings. The maximum atomic E-state index is 5.43. The number of aromatic nitrogens is 3. The van der Waals surface area contributed by atoms with Crippen LogP contribution in [0.2, 0.25) is 0 Å². The maximum absolute atomic E-state index is 5.43. The first-order valence-electron chi connectivity index (χ1n) is 5.51. The molecule has 5 nitrogen and oxygen atoms in total. The standard InChI is InChI=1S/C11H13BrN4O/c1-11(2-5-17-7-11)15-9-10-13-3-4-16(10)6-8(12)14-9/h3-4,6H,2,5,7H2,1H3,(H,14,15). The highest BCUT2D eigenvalue weighted by molar-refractivity contribution is 9.10. The molecule has 1 aliphatic heterocycles. The van der Waals surface area contributed by atoms with Gasteiger partial charge >= 0.3 is 0 Å². The molecule has 2 aromatic heterocycles. The minimum Gasteiger partial charge on any atom is -0.379 e. The third kappa shape index (κ3) is 2.02. The summed E-state index contributed by atoms with van der Waals surface area (Å²) >= 11 is 3.40. The zero-order chi connectivity index (χ0) is 11.9. The van der Waals surface area contributed by atoms with Crippen LogP contribution < -0.4 is 5.32 Å². The van der Waals surface area contributed by atoms with Crippen LogP contribution in [-0.2, 0) is 4.74 Å². The number of hydrogen-bond donors (Lipinski definition) is 1. The number of nitrogens with zero attached hydrogens (tertiary/aromatic N) is 3. The van der Waals surface area contributed by atoms with E-state index in [1.807, 2.05) is 16.8 Å². The minimum absolute atomic E-state index is 0.0553. The normalized spacial score (nSPS) is 24.4. The van der Waals surface area contributed by atoms with Gasteiger partial charge in [0.15, 0.2) is 11.5 Å². The quantitative estimate of drug-likeness (QED) is 0.922. The molecule has 1 unspecified atom stereocenters. The Morgan fingerprint density at radius 1 is 1.59 bits per heavy atom. The van der Waals surface area contributed by atoms with E-state index >= 15 is 0 Å². The predicted molar refractivity (Wildman–Crippen MR) is 68.2 cm³/mol. The molecule has 2 aromatic rings. The van der Waals surface area contributed by atoms with Gasteiger partial charge in [0.05, 0.1) is 12.1 Å². The fraction of sp³-hybridized carbons (Fsp3) is 0.455. The van der Waals surface area contributed by atoms with Gasteiger partial charge in [-0.3, -0.25) is 0 Å². The third-order valence-electron chi connectivity index (χ3n) is 2.98. The smallest absolute Gasteiger partial charge is 0.180 e. The molecule has 90 valence electrons. The summed E-state index contributed by atoms with van der Waals surface area (Å²) in [5.41, 5.74) is 0.779. The lowest BCUT2D eigenvalue weighted by Crippen LogP contribution is -2.35. The van der Waals surface area contributed by atoms with Crippen LogP contribution in [0.1, 0.15) is 13.3 Å². The summed E-state index contributed by atoms with van der Waals surface area (Å²) < 4.78 is 8.16. The van der Waals surface area contributed by atoms with Crippen molar-refractivity contribution in [1.82, 2.24) is 14.4 Å². The van der Waals surface area contributed by atoms with Crippen molar-refractivity contribution in [1.29, 1.82) is 0 Å². The van der Waals surface area contributed by atoms with Crippen molar-refractivity contribution in [3.8, 4) is 0 Å². The van der Waals surface area contributed by atoms with Gasteiger partial charge in [0.25, 0.3) is 0 Å². The molecule has 0 radical (unpaired) electrons. The van der Waals surface area contributed by atoms with Crippen LogP contribution in [0.5, 0.6) is 0 Å². The second kappa shape index (κ2) is 3.96. The van der Waals surface area contributed by atoms with Gasteiger partial charge in [-0.15, -0.1) is 0 Å². The first-order chi connectivity index (χ1) is 8.16. The number of fused-ring (bicyclic) bond motifs is 1. The summed E-state index contributed by atoms with van der Waals surface area (Å²) in [6.07, 6.45) is 6.54. The largest absolute Gasteiger partial charge is 0.379 e. The van der Waals surface area contributed by atoms with Gasteiger partial charge in [-0.1, -0.05) is 0 Å². The van der Waals surface area contributed by atoms with Crippen LogP contribution in [0.25, 0.3) is 5.65 Å². The molecule has 6 heteroatoms. The van der Waals surface area contributed by atoms with Gasteiger partial charge in [-0.05, 0) is 29.3 Å². The molecule has 3 rings (SSSR count). The molecule has 1 atom stereocenters. The van der Waals surface area contributed by atoms with Gasteiger partial charge in [-0.2, -0.15) is 0 Å². The molecule has 0 aliphatic carbocycles. The Balaban J connectivity index is 2.01. The summed E-state index contributed by atoms with van der Waals surface area (Å²) in [7, 11) is 0. The Morgan fingerprint density at radius 3 is 3.24 bits per heavy atom. The van der Waals surface area contributed by atoms with Crippen molar-refractivity contribution < 1.29 is 4.74 Å². The topological polar surface area (TPSA) is 51.5 Å². The number of ether oxygens (including phenoxy) is 1. The van der Waals surface area contributed by atoms with Crippen molar-refractivity contribution in [3.63, 3.8) is 0 Å². The number of anilines is 1. The van der Waals surface area contributed by atoms with Crippen molar-refractivity contribution in [3.05, 3.63) is 23.2 Å². The van der Waals surface area contributed by atoms with Crippen LogP contribution >= 0.6 is 15.9 Å². The maximum Gasteiger partial charge on any atom is 0.180 e. The number of nitrogens with one attached hydrogen (secondary N) is 1. The van der Waals surface area contributed by atoms with E-state index in [0.29, 0.717) is 6.61 Å². The van der Waals surface area contributed by atoms with Gasteiger partial charge in [0, 0.05) is 25.2 Å². The van der Waals surface area contributed by atoms with E-state index < -0.39 is 0 Å². The lowest BCUT2D eigenvalue weighted by Gasteiger charge is -2.24. The Morgan fingerprint density at radius 2 is 2.47 bits per heavy atom. The van der Waals surface area contributed by atoms with E-state index in [4.69, 9.17) is 4.74 Å². The molecule has 1 N–H and O–H groups in total. The Hall–Kier alpha value is -1.14. The highest BCUT2D eigenvalue weighted by Crippen LogP contribution is 2.25. The van der Waals surface area contributed by atoms with Crippen LogP contribution in [0.3, 0.4) is 0 Å². The first kappa shape index (κ1) is 11.0. The van der Waals surface area contributed by atoms with Crippen molar-refractivity contribution in [2.75, 3.05) is 18.5 Å². The van der Waals surface area contributed by atoms with Gasteiger partial charge in [0.2, 0.25) is 0 Å². The number of halogens is 1. The molecule has 1 aliphatic rings. The van der Waals surface area contributed by atoms with E-state index in [9.17, 15) is 0 Å². The summed E-state index contributed by atoms with van der Waals surface area (Å²) in [5.74, 6) is 0.789. The molecular formula is C11H13BrN4O. The number of imidazole rings is 1. The Kier molecular flexibility index (Phi) is 2.56. The SMILES string of the molecule is CC1(Nc2nc(Br)cn3ccnc23)CCOC1. The van der Waals surface area contributed by atoms with Crippen molar-refractivity contribution >= 4 is 27.4 Å². The summed E-state index contributed by atoms with van der Waals surface area (Å²) in [4.78, 5) is 8.76. The Bertz CT molecular complexity index is 547. The first-order valence-corrected chi connectivity index (χ1v) is 6.31. The van der Waals surface area contributed by atoms with Crippen LogP contribution in [0, 0.1) is 0 Å². The molecular weight excluding hydrogens is 284 g/mol. The van der Waals surface area contributed by atoms with Crippen LogP contribution in [0.4, 0.5) is 5.82 Å². The summed E-state index contributed by atoms with van der Waals surface area (Å²) in [6, 6.07) is 0. The molecule has 0 bridgehead atoms. The monoisotopic (exact) mass is 296 g/mol. The zero-order valence-electron chi connectivity index (χ0n) is 9.48. The van der Waals surface area contributed by atoms with Gasteiger partial charge < -0.3 is 14.5 Å². The fourth-order valence-corrected chi connectivity index (χ4v) is 2.43. The van der Waals surface area contributed by atoms with Gasteiger partial charge in [-0.25, -0.2) is 9.97 Å². The fourth-order valence-electron chi connectivity index (χ4n) is 2.04. The number of hydrogen-bond acceptors (Lipinski definition) is 4. The van der Waals surface area contributed by atoms with E-state index in [-0.39, 0.29) is 5.54 Å². The molecule has 1 saturated heterocycles.